The second-order valence-electron chi connectivity index (χ2n) is 6.10. The highest BCUT2D eigenvalue weighted by Crippen LogP contribution is 2.24. The molecule has 4 aromatic rings. The average Bonchev–Trinajstić information content (AvgIpc) is 2.84. The number of hydrogen-bond acceptors (Lipinski definition) is 5. The van der Waals surface area contributed by atoms with Crippen molar-refractivity contribution in [2.45, 2.75) is 7.43 Å². The van der Waals surface area contributed by atoms with E-state index in [4.69, 9.17) is 41.2 Å². The van der Waals surface area contributed by atoms with Crippen LogP contribution in [-0.4, -0.2) is 15.8 Å². The van der Waals surface area contributed by atoms with Gasteiger partial charge in [0.25, 0.3) is 0 Å². The number of halogens is 2. The molecule has 8 heteroatoms. The number of nitrogen functional groups attached to an aromatic ring is 2. The number of para-hydroxylation sites is 2. The van der Waals surface area contributed by atoms with Crippen LogP contribution in [0, 0.1) is 6.57 Å². The van der Waals surface area contributed by atoms with Gasteiger partial charge in [0.2, 0.25) is 0 Å². The van der Waals surface area contributed by atoms with Crippen molar-refractivity contribution >= 4 is 46.0 Å². The number of carbonyl (C=O) groups is 1. The zero-order valence-corrected chi connectivity index (χ0v) is 18.3. The lowest BCUT2D eigenvalue weighted by atomic mass is 10.0. The van der Waals surface area contributed by atoms with E-state index in [2.05, 4.69) is 14.8 Å². The maximum Gasteiger partial charge on any atom is 0.195 e. The molecule has 0 radical (unpaired) electrons. The van der Waals surface area contributed by atoms with Crippen LogP contribution < -0.4 is 11.5 Å². The molecule has 0 spiro atoms. The molecule has 2 aromatic carbocycles. The summed E-state index contributed by atoms with van der Waals surface area (Å²) in [5.41, 5.74) is 13.7. The predicted octanol–water partition coefficient (Wildman–Crippen LogP) is 6.74. The third-order valence-corrected chi connectivity index (χ3v) is 4.61. The Bertz CT molecular complexity index is 1180. The number of rotatable bonds is 2. The molecule has 0 unspecified atom stereocenters. The SMILES string of the molecule is C.Nc1c(Cl)cccc1C(=O)c1ccncc1.Nc1ccccc1Cl.[C-]#[N+]c1ccncc1. The molecule has 0 bridgehead atoms. The number of nitrogens with zero attached hydrogens (tertiary/aromatic N) is 3. The average molecular weight is 480 g/mol. The van der Waals surface area contributed by atoms with Gasteiger partial charge in [-0.25, -0.2) is 4.85 Å². The van der Waals surface area contributed by atoms with E-state index in [0.717, 1.165) is 0 Å². The molecule has 4 rings (SSSR count). The lowest BCUT2D eigenvalue weighted by Crippen LogP contribution is -2.05. The number of carbonyl (C=O) groups excluding carboxylic acids is 1. The van der Waals surface area contributed by atoms with Crippen molar-refractivity contribution in [1.29, 1.82) is 0 Å². The number of nitrogens with two attached hydrogens (primary N) is 2. The van der Waals surface area contributed by atoms with Crippen LogP contribution in [0.2, 0.25) is 10.0 Å². The highest BCUT2D eigenvalue weighted by atomic mass is 35.5. The van der Waals surface area contributed by atoms with Gasteiger partial charge in [0.15, 0.2) is 11.5 Å². The third kappa shape index (κ3) is 8.62. The third-order valence-electron chi connectivity index (χ3n) is 3.94. The summed E-state index contributed by atoms with van der Waals surface area (Å²) >= 11 is 11.4. The van der Waals surface area contributed by atoms with Crippen LogP contribution >= 0.6 is 23.2 Å². The van der Waals surface area contributed by atoms with E-state index in [9.17, 15) is 4.79 Å². The standard InChI is InChI=1S/C12H9ClN2O.C6H6ClN.C6H4N2.CH4/c13-10-3-1-2-9(11(10)14)12(16)8-4-6-15-7-5-8;7-5-3-1-2-4-6(5)8;1-7-6-2-4-8-5-3-6;/h1-7H,14H2;1-4H,8H2;2-5H;1H4. The first-order valence-electron chi connectivity index (χ1n) is 9.20. The molecule has 0 fully saturated rings. The number of ketones is 1. The van der Waals surface area contributed by atoms with Gasteiger partial charge in [-0.3, -0.25) is 14.8 Å². The normalized spacial score (nSPS) is 9.00. The summed E-state index contributed by atoms with van der Waals surface area (Å²) in [6.07, 6.45) is 6.34. The van der Waals surface area contributed by atoms with Crippen molar-refractivity contribution in [3.8, 4) is 0 Å². The van der Waals surface area contributed by atoms with Gasteiger partial charge >= 0.3 is 0 Å². The highest BCUT2D eigenvalue weighted by molar-refractivity contribution is 6.34. The number of anilines is 2. The van der Waals surface area contributed by atoms with Crippen molar-refractivity contribution in [1.82, 2.24) is 9.97 Å². The van der Waals surface area contributed by atoms with E-state index in [1.54, 1.807) is 79.4 Å². The van der Waals surface area contributed by atoms with Gasteiger partial charge in [0.05, 0.1) is 28.0 Å². The second kappa shape index (κ2) is 14.2. The molecular weight excluding hydrogens is 457 g/mol. The van der Waals surface area contributed by atoms with Crippen molar-refractivity contribution in [3.05, 3.63) is 124 Å². The minimum absolute atomic E-state index is 0. The molecule has 0 atom stereocenters. The highest BCUT2D eigenvalue weighted by Gasteiger charge is 2.13. The van der Waals surface area contributed by atoms with Gasteiger partial charge in [-0.15, -0.1) is 0 Å². The smallest absolute Gasteiger partial charge is 0.195 e. The predicted molar refractivity (Wildman–Crippen MR) is 137 cm³/mol. The number of pyridine rings is 2. The Morgan fingerprint density at radius 2 is 1.33 bits per heavy atom. The van der Waals surface area contributed by atoms with Gasteiger partial charge in [-0.2, -0.15) is 0 Å². The fourth-order valence-electron chi connectivity index (χ4n) is 2.29. The largest absolute Gasteiger partial charge is 0.398 e. The summed E-state index contributed by atoms with van der Waals surface area (Å²) in [6, 6.07) is 18.9. The molecule has 0 aliphatic carbocycles. The van der Waals surface area contributed by atoms with Crippen LogP contribution in [0.15, 0.2) is 91.5 Å². The molecule has 0 amide bonds. The first-order chi connectivity index (χ1) is 15.4. The molecule has 0 saturated carbocycles. The molecule has 6 nitrogen and oxygen atoms in total. The molecule has 0 aliphatic heterocycles. The number of benzene rings is 2. The lowest BCUT2D eigenvalue weighted by Gasteiger charge is -2.05. The Kier molecular flexibility index (Phi) is 11.7. The number of aromatic nitrogens is 2. The van der Waals surface area contributed by atoms with Crippen molar-refractivity contribution < 1.29 is 4.79 Å². The summed E-state index contributed by atoms with van der Waals surface area (Å²) in [7, 11) is 0. The van der Waals surface area contributed by atoms with E-state index in [-0.39, 0.29) is 13.2 Å². The second-order valence-corrected chi connectivity index (χ2v) is 6.92. The van der Waals surface area contributed by atoms with E-state index >= 15 is 0 Å². The van der Waals surface area contributed by atoms with Gasteiger partial charge < -0.3 is 11.5 Å². The van der Waals surface area contributed by atoms with Gasteiger partial charge in [-0.05, 0) is 48.5 Å². The van der Waals surface area contributed by atoms with Crippen LogP contribution in [0.5, 0.6) is 0 Å². The topological polar surface area (TPSA) is 99.2 Å². The Morgan fingerprint density at radius 3 is 1.82 bits per heavy atom. The Labute approximate surface area is 203 Å². The minimum Gasteiger partial charge on any atom is -0.398 e. The van der Waals surface area contributed by atoms with Gasteiger partial charge in [0, 0.05) is 35.9 Å². The minimum atomic E-state index is -0.151. The monoisotopic (exact) mass is 479 g/mol. The molecule has 2 heterocycles. The summed E-state index contributed by atoms with van der Waals surface area (Å²) in [6.45, 7) is 6.54. The number of hydrogen-bond donors (Lipinski definition) is 2. The zero-order chi connectivity index (χ0) is 23.3. The molecule has 4 N–H and O–H groups in total. The molecule has 0 saturated heterocycles. The summed E-state index contributed by atoms with van der Waals surface area (Å²) in [5, 5.41) is 1.01. The van der Waals surface area contributed by atoms with E-state index in [1.165, 1.54) is 0 Å². The van der Waals surface area contributed by atoms with Crippen LogP contribution in [0.4, 0.5) is 17.1 Å². The van der Waals surface area contributed by atoms with E-state index in [0.29, 0.717) is 38.2 Å². The van der Waals surface area contributed by atoms with E-state index in [1.807, 2.05) is 12.1 Å². The Hall–Kier alpha value is -3.92. The molecule has 0 aliphatic rings. The first-order valence-corrected chi connectivity index (χ1v) is 9.95. The van der Waals surface area contributed by atoms with Crippen LogP contribution in [0.3, 0.4) is 0 Å². The van der Waals surface area contributed by atoms with Crippen molar-refractivity contribution in [2.24, 2.45) is 0 Å². The molecule has 2 aromatic heterocycles. The molecule has 168 valence electrons. The lowest BCUT2D eigenvalue weighted by molar-refractivity contribution is 0.103. The quantitative estimate of drug-likeness (QED) is 0.188. The van der Waals surface area contributed by atoms with Crippen LogP contribution in [-0.2, 0) is 0 Å². The summed E-state index contributed by atoms with van der Waals surface area (Å²) in [4.78, 5) is 22.8. The first kappa shape index (κ1) is 27.1. The molecular formula is C25H23Cl2N5O. The molecule has 33 heavy (non-hydrogen) atoms. The van der Waals surface area contributed by atoms with Crippen LogP contribution in [0.25, 0.3) is 4.85 Å². The Balaban J connectivity index is 0.000000271. The fourth-order valence-corrected chi connectivity index (χ4v) is 2.60. The van der Waals surface area contributed by atoms with Crippen molar-refractivity contribution in [3.63, 3.8) is 0 Å². The maximum absolute atomic E-state index is 12.1. The fraction of sp³-hybridized carbons (Fsp3) is 0.0400. The van der Waals surface area contributed by atoms with Crippen LogP contribution in [0.1, 0.15) is 23.3 Å². The summed E-state index contributed by atoms with van der Waals surface area (Å²) < 4.78 is 0. The zero-order valence-electron chi connectivity index (χ0n) is 16.8. The maximum atomic E-state index is 12.1. The van der Waals surface area contributed by atoms with E-state index < -0.39 is 0 Å². The summed E-state index contributed by atoms with van der Waals surface area (Å²) in [5.74, 6) is -0.151. The Morgan fingerprint density at radius 1 is 0.788 bits per heavy atom. The van der Waals surface area contributed by atoms with Gasteiger partial charge in [-0.1, -0.05) is 48.8 Å². The van der Waals surface area contributed by atoms with Crippen molar-refractivity contribution in [2.75, 3.05) is 11.5 Å². The van der Waals surface area contributed by atoms with Gasteiger partial charge in [0.1, 0.15) is 0 Å².